The summed E-state index contributed by atoms with van der Waals surface area (Å²) in [5.41, 5.74) is 1.09. The van der Waals surface area contributed by atoms with Gasteiger partial charge in [-0.3, -0.25) is 0 Å². The zero-order chi connectivity index (χ0) is 11.1. The molecule has 2 aliphatic carbocycles. The van der Waals surface area contributed by atoms with Gasteiger partial charge in [-0.1, -0.05) is 40.9 Å². The minimum Gasteiger partial charge on any atom is -0.388 e. The third-order valence-corrected chi connectivity index (χ3v) is 4.83. The summed E-state index contributed by atoms with van der Waals surface area (Å²) in [4.78, 5) is 0. The average Bonchev–Trinajstić information content (AvgIpc) is 3.03. The van der Waals surface area contributed by atoms with E-state index in [1.807, 2.05) is 24.3 Å². The Bertz CT molecular complexity index is 361. The lowest BCUT2D eigenvalue weighted by Gasteiger charge is -2.10. The molecule has 3 atom stereocenters. The number of aliphatic hydroxyl groups is 1. The van der Waals surface area contributed by atoms with Crippen LogP contribution in [0.25, 0.3) is 0 Å². The van der Waals surface area contributed by atoms with Crippen LogP contribution in [0.4, 0.5) is 0 Å². The average molecular weight is 281 g/mol. The van der Waals surface area contributed by atoms with Gasteiger partial charge < -0.3 is 5.11 Å². The first-order chi connectivity index (χ1) is 7.77. The third-order valence-electron chi connectivity index (χ3n) is 4.30. The number of halogens is 1. The Kier molecular flexibility index (Phi) is 2.80. The van der Waals surface area contributed by atoms with E-state index in [0.29, 0.717) is 5.92 Å². The summed E-state index contributed by atoms with van der Waals surface area (Å²) >= 11 is 3.43. The van der Waals surface area contributed by atoms with Gasteiger partial charge in [-0.15, -0.1) is 0 Å². The SMILES string of the molecule is OC(c1ccc(Br)cc1)C1C2CCCCC21. The number of fused-ring (bicyclic) bond motifs is 1. The van der Waals surface area contributed by atoms with Crippen molar-refractivity contribution in [3.63, 3.8) is 0 Å². The molecule has 3 rings (SSSR count). The molecule has 0 heterocycles. The van der Waals surface area contributed by atoms with Crippen molar-refractivity contribution in [1.82, 2.24) is 0 Å². The number of rotatable bonds is 2. The van der Waals surface area contributed by atoms with Crippen molar-refractivity contribution >= 4 is 15.9 Å². The number of benzene rings is 1. The molecule has 1 aromatic carbocycles. The molecule has 2 heteroatoms. The first kappa shape index (κ1) is 10.8. The van der Waals surface area contributed by atoms with E-state index in [9.17, 15) is 5.11 Å². The van der Waals surface area contributed by atoms with Crippen molar-refractivity contribution in [2.45, 2.75) is 31.8 Å². The van der Waals surface area contributed by atoms with Gasteiger partial charge in [-0.25, -0.2) is 0 Å². The molecule has 3 unspecified atom stereocenters. The molecule has 2 saturated carbocycles. The van der Waals surface area contributed by atoms with Crippen LogP contribution in [-0.2, 0) is 0 Å². The van der Waals surface area contributed by atoms with Gasteiger partial charge in [0.2, 0.25) is 0 Å². The van der Waals surface area contributed by atoms with Crippen molar-refractivity contribution in [3.8, 4) is 0 Å². The van der Waals surface area contributed by atoms with Crippen LogP contribution in [0.2, 0.25) is 0 Å². The summed E-state index contributed by atoms with van der Waals surface area (Å²) in [5.74, 6) is 2.17. The molecule has 0 radical (unpaired) electrons. The topological polar surface area (TPSA) is 20.2 Å². The van der Waals surface area contributed by atoms with E-state index < -0.39 is 0 Å². The van der Waals surface area contributed by atoms with Crippen LogP contribution < -0.4 is 0 Å². The fourth-order valence-corrected chi connectivity index (χ4v) is 3.66. The second-order valence-corrected chi connectivity index (χ2v) is 6.10. The molecule has 1 N–H and O–H groups in total. The van der Waals surface area contributed by atoms with Crippen LogP contribution in [0.3, 0.4) is 0 Å². The Morgan fingerprint density at radius 3 is 2.19 bits per heavy atom. The van der Waals surface area contributed by atoms with Gasteiger partial charge in [0.25, 0.3) is 0 Å². The fourth-order valence-electron chi connectivity index (χ4n) is 3.40. The van der Waals surface area contributed by atoms with Crippen molar-refractivity contribution in [2.75, 3.05) is 0 Å². The minimum absolute atomic E-state index is 0.235. The van der Waals surface area contributed by atoms with Crippen molar-refractivity contribution in [3.05, 3.63) is 34.3 Å². The molecule has 2 fully saturated rings. The molecule has 1 aromatic rings. The highest BCUT2D eigenvalue weighted by Crippen LogP contribution is 2.60. The second kappa shape index (κ2) is 4.15. The van der Waals surface area contributed by atoms with E-state index in [0.717, 1.165) is 21.9 Å². The van der Waals surface area contributed by atoms with Crippen LogP contribution in [0.5, 0.6) is 0 Å². The lowest BCUT2D eigenvalue weighted by Crippen LogP contribution is -2.01. The Balaban J connectivity index is 1.74. The highest BCUT2D eigenvalue weighted by molar-refractivity contribution is 9.10. The molecule has 0 aliphatic heterocycles. The fraction of sp³-hybridized carbons (Fsp3) is 0.571. The van der Waals surface area contributed by atoms with Gasteiger partial charge >= 0.3 is 0 Å². The molecule has 2 aliphatic rings. The highest BCUT2D eigenvalue weighted by Gasteiger charge is 2.54. The molecule has 0 spiro atoms. The van der Waals surface area contributed by atoms with E-state index in [4.69, 9.17) is 0 Å². The molecular formula is C14H17BrO. The predicted molar refractivity (Wildman–Crippen MR) is 68.0 cm³/mol. The lowest BCUT2D eigenvalue weighted by atomic mass is 10.0. The maximum atomic E-state index is 10.4. The summed E-state index contributed by atoms with van der Waals surface area (Å²) in [6.07, 6.45) is 5.17. The van der Waals surface area contributed by atoms with Crippen molar-refractivity contribution in [2.24, 2.45) is 17.8 Å². The molecule has 0 saturated heterocycles. The highest BCUT2D eigenvalue weighted by atomic mass is 79.9. The van der Waals surface area contributed by atoms with E-state index in [1.165, 1.54) is 25.7 Å². The molecule has 0 aromatic heterocycles. The maximum Gasteiger partial charge on any atom is 0.0823 e. The Hall–Kier alpha value is -0.340. The largest absolute Gasteiger partial charge is 0.388 e. The Morgan fingerprint density at radius 1 is 1.06 bits per heavy atom. The van der Waals surface area contributed by atoms with E-state index in [-0.39, 0.29) is 6.10 Å². The second-order valence-electron chi connectivity index (χ2n) is 5.19. The van der Waals surface area contributed by atoms with Gasteiger partial charge in [0.15, 0.2) is 0 Å². The first-order valence-electron chi connectivity index (χ1n) is 6.21. The summed E-state index contributed by atoms with van der Waals surface area (Å²) in [5, 5.41) is 10.4. The summed E-state index contributed by atoms with van der Waals surface area (Å²) in [6.45, 7) is 0. The molecule has 0 bridgehead atoms. The Morgan fingerprint density at radius 2 is 1.62 bits per heavy atom. The third kappa shape index (κ3) is 1.82. The zero-order valence-electron chi connectivity index (χ0n) is 9.27. The van der Waals surface area contributed by atoms with E-state index in [1.54, 1.807) is 0 Å². The number of hydrogen-bond donors (Lipinski definition) is 1. The van der Waals surface area contributed by atoms with Crippen LogP contribution in [0.1, 0.15) is 37.4 Å². The van der Waals surface area contributed by atoms with Gasteiger partial charge in [-0.2, -0.15) is 0 Å². The number of aliphatic hydroxyl groups excluding tert-OH is 1. The molecule has 1 nitrogen and oxygen atoms in total. The Labute approximate surface area is 105 Å². The van der Waals surface area contributed by atoms with Crippen LogP contribution in [-0.4, -0.2) is 5.11 Å². The predicted octanol–water partition coefficient (Wildman–Crippen LogP) is 3.92. The smallest absolute Gasteiger partial charge is 0.0823 e. The first-order valence-corrected chi connectivity index (χ1v) is 7.00. The van der Waals surface area contributed by atoms with Crippen LogP contribution in [0.15, 0.2) is 28.7 Å². The standard InChI is InChI=1S/C14H17BrO/c15-10-7-5-9(6-8-10)14(16)13-11-3-1-2-4-12(11)13/h5-8,11-14,16H,1-4H2. The van der Waals surface area contributed by atoms with Gasteiger partial charge in [0, 0.05) is 4.47 Å². The quantitative estimate of drug-likeness (QED) is 0.871. The molecular weight excluding hydrogens is 264 g/mol. The van der Waals surface area contributed by atoms with Gasteiger partial charge in [0.05, 0.1) is 6.10 Å². The van der Waals surface area contributed by atoms with E-state index in [2.05, 4.69) is 15.9 Å². The normalized spacial score (nSPS) is 34.2. The van der Waals surface area contributed by atoms with E-state index >= 15 is 0 Å². The van der Waals surface area contributed by atoms with Crippen molar-refractivity contribution < 1.29 is 5.11 Å². The summed E-state index contributed by atoms with van der Waals surface area (Å²) in [6, 6.07) is 8.12. The van der Waals surface area contributed by atoms with Gasteiger partial charge in [0.1, 0.15) is 0 Å². The molecule has 16 heavy (non-hydrogen) atoms. The maximum absolute atomic E-state index is 10.4. The molecule has 86 valence electrons. The lowest BCUT2D eigenvalue weighted by molar-refractivity contribution is 0.142. The van der Waals surface area contributed by atoms with Crippen LogP contribution >= 0.6 is 15.9 Å². The van der Waals surface area contributed by atoms with Crippen molar-refractivity contribution in [1.29, 1.82) is 0 Å². The monoisotopic (exact) mass is 280 g/mol. The summed E-state index contributed by atoms with van der Waals surface area (Å²) in [7, 11) is 0. The van der Waals surface area contributed by atoms with Crippen LogP contribution in [0, 0.1) is 17.8 Å². The minimum atomic E-state index is -0.235. The van der Waals surface area contributed by atoms with Gasteiger partial charge in [-0.05, 0) is 48.3 Å². The summed E-state index contributed by atoms with van der Waals surface area (Å²) < 4.78 is 1.08. The number of hydrogen-bond acceptors (Lipinski definition) is 1. The zero-order valence-corrected chi connectivity index (χ0v) is 10.9. The molecule has 0 amide bonds.